The summed E-state index contributed by atoms with van der Waals surface area (Å²) >= 11 is 0. The molecule has 0 heterocycles. The first-order valence-corrected chi connectivity index (χ1v) is 11.6. The Balaban J connectivity index is 3.24. The number of benzene rings is 1. The van der Waals surface area contributed by atoms with E-state index in [1.807, 2.05) is 27.3 Å². The monoisotopic (exact) mass is 411 g/mol. The highest BCUT2D eigenvalue weighted by atomic mass is 28.4. The summed E-state index contributed by atoms with van der Waals surface area (Å²) in [6.07, 6.45) is 0.516. The van der Waals surface area contributed by atoms with E-state index >= 15 is 0 Å². The van der Waals surface area contributed by atoms with Crippen LogP contribution in [0.5, 0.6) is 0 Å². The van der Waals surface area contributed by atoms with Crippen molar-refractivity contribution in [2.75, 3.05) is 32.8 Å². The third-order valence-corrected chi connectivity index (χ3v) is 7.98. The van der Waals surface area contributed by atoms with E-state index in [0.29, 0.717) is 19.6 Å². The van der Waals surface area contributed by atoms with Crippen molar-refractivity contribution in [3.63, 3.8) is 0 Å². The molecule has 28 heavy (non-hydrogen) atoms. The molecule has 0 saturated carbocycles. The van der Waals surface area contributed by atoms with E-state index in [1.165, 1.54) is 32.4 Å². The Labute approximate surface area is 166 Å². The van der Waals surface area contributed by atoms with Gasteiger partial charge in [-0.15, -0.1) is 0 Å². The van der Waals surface area contributed by atoms with Gasteiger partial charge >= 0.3 is 20.5 Å². The first-order chi connectivity index (χ1) is 13.3. The van der Waals surface area contributed by atoms with Gasteiger partial charge < -0.3 is 23.6 Å². The molecule has 0 saturated heterocycles. The molecule has 0 spiro atoms. The minimum Gasteiger partial charge on any atom is -0.465 e. The van der Waals surface area contributed by atoms with Crippen LogP contribution in [0.15, 0.2) is 18.2 Å². The number of hydrogen-bond acceptors (Lipinski definition) is 7. The van der Waals surface area contributed by atoms with Crippen LogP contribution in [-0.2, 0) is 23.1 Å². The lowest BCUT2D eigenvalue weighted by Crippen LogP contribution is -2.48. The summed E-state index contributed by atoms with van der Waals surface area (Å²) < 4.78 is 21.1. The van der Waals surface area contributed by atoms with Crippen molar-refractivity contribution >= 4 is 32.1 Å². The zero-order chi connectivity index (χ0) is 21.3. The molecule has 1 rings (SSSR count). The van der Waals surface area contributed by atoms with Crippen LogP contribution in [-0.4, -0.2) is 53.8 Å². The zero-order valence-electron chi connectivity index (χ0n) is 17.3. The van der Waals surface area contributed by atoms with Crippen molar-refractivity contribution in [3.05, 3.63) is 29.3 Å². The summed E-state index contributed by atoms with van der Waals surface area (Å²) in [5, 5.41) is 2.77. The fourth-order valence-corrected chi connectivity index (χ4v) is 5.93. The Morgan fingerprint density at radius 3 is 2.04 bits per heavy atom. The number of ether oxygens (including phenoxy) is 2. The van der Waals surface area contributed by atoms with Gasteiger partial charge in [-0.3, -0.25) is 4.79 Å². The molecule has 8 nitrogen and oxygen atoms in total. The molecule has 1 atom stereocenters. The standard InChI is InChI=1S/C19H29NO7Si/c1-7-16(28(6,26-8-2)27-9-3)17(21)20-15-11-10-13(18(22)24-4)12-14(15)19(23)25-5/h10-12,16H,7-9H2,1-6H3,(H,20,21). The molecule has 0 aliphatic carbocycles. The second-order valence-corrected chi connectivity index (χ2v) is 9.38. The molecular weight excluding hydrogens is 382 g/mol. The molecule has 1 unspecified atom stereocenters. The SMILES string of the molecule is CCO[Si](C)(OCC)C(CC)C(=O)Nc1ccc(C(=O)OC)cc1C(=O)OC. The molecule has 0 radical (unpaired) electrons. The number of amides is 1. The molecule has 0 aliphatic heterocycles. The summed E-state index contributed by atoms with van der Waals surface area (Å²) in [7, 11) is -0.317. The number of anilines is 1. The van der Waals surface area contributed by atoms with Crippen molar-refractivity contribution in [1.82, 2.24) is 0 Å². The van der Waals surface area contributed by atoms with Crippen LogP contribution in [0.2, 0.25) is 12.1 Å². The number of rotatable bonds is 10. The van der Waals surface area contributed by atoms with E-state index in [-0.39, 0.29) is 22.7 Å². The molecule has 0 aliphatic rings. The van der Waals surface area contributed by atoms with E-state index < -0.39 is 26.0 Å². The Morgan fingerprint density at radius 2 is 1.57 bits per heavy atom. The number of carbonyl (C=O) groups excluding carboxylic acids is 3. The van der Waals surface area contributed by atoms with Crippen LogP contribution in [0.25, 0.3) is 0 Å². The molecule has 1 N–H and O–H groups in total. The molecule has 0 bridgehead atoms. The van der Waals surface area contributed by atoms with Gasteiger partial charge in [0, 0.05) is 13.2 Å². The smallest absolute Gasteiger partial charge is 0.347 e. The van der Waals surface area contributed by atoms with Crippen LogP contribution in [0.4, 0.5) is 5.69 Å². The number of hydrogen-bond donors (Lipinski definition) is 1. The van der Waals surface area contributed by atoms with Gasteiger partial charge in [0.15, 0.2) is 0 Å². The highest BCUT2D eigenvalue weighted by Crippen LogP contribution is 2.30. The normalized spacial score (nSPS) is 12.2. The van der Waals surface area contributed by atoms with Crippen LogP contribution in [0.3, 0.4) is 0 Å². The van der Waals surface area contributed by atoms with E-state index in [4.69, 9.17) is 13.6 Å². The maximum absolute atomic E-state index is 13.0. The van der Waals surface area contributed by atoms with Gasteiger partial charge in [-0.1, -0.05) is 6.92 Å². The Morgan fingerprint density at radius 1 is 1.00 bits per heavy atom. The Hall–Kier alpha value is -2.23. The predicted molar refractivity (Wildman–Crippen MR) is 107 cm³/mol. The Kier molecular flexibility index (Phi) is 9.30. The maximum Gasteiger partial charge on any atom is 0.347 e. The number of nitrogens with one attached hydrogen (secondary N) is 1. The van der Waals surface area contributed by atoms with Crippen LogP contribution in [0.1, 0.15) is 47.9 Å². The van der Waals surface area contributed by atoms with Crippen molar-refractivity contribution in [2.45, 2.75) is 39.3 Å². The number of esters is 2. The maximum atomic E-state index is 13.0. The third kappa shape index (κ3) is 5.63. The van der Waals surface area contributed by atoms with E-state index in [1.54, 1.807) is 0 Å². The molecule has 156 valence electrons. The molecular formula is C19H29NO7Si. The second-order valence-electron chi connectivity index (χ2n) is 6.08. The molecule has 0 aromatic heterocycles. The van der Waals surface area contributed by atoms with Crippen molar-refractivity contribution in [3.8, 4) is 0 Å². The fourth-order valence-electron chi connectivity index (χ4n) is 3.01. The quantitative estimate of drug-likeness (QED) is 0.466. The van der Waals surface area contributed by atoms with Gasteiger partial charge in [0.1, 0.15) is 0 Å². The lowest BCUT2D eigenvalue weighted by atomic mass is 10.1. The number of methoxy groups -OCH3 is 2. The predicted octanol–water partition coefficient (Wildman–Crippen LogP) is 3.12. The third-order valence-electron chi connectivity index (χ3n) is 4.32. The summed E-state index contributed by atoms with van der Waals surface area (Å²) in [6, 6.07) is 4.27. The van der Waals surface area contributed by atoms with Crippen LogP contribution >= 0.6 is 0 Å². The second kappa shape index (κ2) is 10.9. The van der Waals surface area contributed by atoms with Gasteiger partial charge in [-0.25, -0.2) is 9.59 Å². The van der Waals surface area contributed by atoms with E-state index in [9.17, 15) is 14.4 Å². The summed E-state index contributed by atoms with van der Waals surface area (Å²) in [4.78, 5) is 36.9. The average molecular weight is 412 g/mol. The minimum absolute atomic E-state index is 0.0600. The average Bonchev–Trinajstić information content (AvgIpc) is 2.67. The van der Waals surface area contributed by atoms with Crippen LogP contribution in [0, 0.1) is 0 Å². The van der Waals surface area contributed by atoms with Gasteiger partial charge in [-0.05, 0) is 45.0 Å². The lowest BCUT2D eigenvalue weighted by molar-refractivity contribution is -0.117. The van der Waals surface area contributed by atoms with Gasteiger partial charge in [0.2, 0.25) is 5.91 Å². The van der Waals surface area contributed by atoms with Crippen molar-refractivity contribution in [2.24, 2.45) is 0 Å². The molecule has 1 aromatic carbocycles. The molecule has 1 amide bonds. The van der Waals surface area contributed by atoms with E-state index in [0.717, 1.165) is 0 Å². The molecule has 0 fully saturated rings. The van der Waals surface area contributed by atoms with Crippen LogP contribution < -0.4 is 5.32 Å². The molecule has 1 aromatic rings. The lowest BCUT2D eigenvalue weighted by Gasteiger charge is -2.32. The number of carbonyl (C=O) groups is 3. The van der Waals surface area contributed by atoms with Gasteiger partial charge in [0.05, 0.1) is 36.6 Å². The Bertz CT molecular complexity index is 702. The fraction of sp³-hybridized carbons (Fsp3) is 0.526. The van der Waals surface area contributed by atoms with Crippen molar-refractivity contribution in [1.29, 1.82) is 0 Å². The first-order valence-electron chi connectivity index (χ1n) is 9.17. The van der Waals surface area contributed by atoms with Gasteiger partial charge in [0.25, 0.3) is 0 Å². The highest BCUT2D eigenvalue weighted by molar-refractivity contribution is 6.71. The zero-order valence-corrected chi connectivity index (χ0v) is 18.3. The topological polar surface area (TPSA) is 100 Å². The molecule has 9 heteroatoms. The van der Waals surface area contributed by atoms with E-state index in [2.05, 4.69) is 10.1 Å². The summed E-state index contributed by atoms with van der Waals surface area (Å²) in [6.45, 7) is 8.33. The highest BCUT2D eigenvalue weighted by Gasteiger charge is 2.44. The minimum atomic E-state index is -2.79. The summed E-state index contributed by atoms with van der Waals surface area (Å²) in [5.74, 6) is -1.58. The first kappa shape index (κ1) is 23.8. The van der Waals surface area contributed by atoms with Crippen molar-refractivity contribution < 1.29 is 32.7 Å². The largest absolute Gasteiger partial charge is 0.465 e. The summed E-state index contributed by atoms with van der Waals surface area (Å²) in [5.41, 5.74) is -0.00828. The van der Waals surface area contributed by atoms with Gasteiger partial charge in [-0.2, -0.15) is 0 Å².